The molecule has 1 aromatic rings. The second-order valence-electron chi connectivity index (χ2n) is 2.41. The molecule has 0 aliphatic heterocycles. The molecule has 5 nitrogen and oxygen atoms in total. The molecular formula is C7H11N3O2. The quantitative estimate of drug-likeness (QED) is 0.594. The average molecular weight is 169 g/mol. The van der Waals surface area contributed by atoms with Crippen LogP contribution >= 0.6 is 0 Å². The van der Waals surface area contributed by atoms with Gasteiger partial charge in [-0.05, 0) is 7.05 Å². The van der Waals surface area contributed by atoms with Crippen LogP contribution in [0, 0.1) is 0 Å². The van der Waals surface area contributed by atoms with Crippen molar-refractivity contribution < 1.29 is 0 Å². The van der Waals surface area contributed by atoms with Gasteiger partial charge in [0.2, 0.25) is 0 Å². The third-order valence-electron chi connectivity index (χ3n) is 1.50. The highest BCUT2D eigenvalue weighted by atomic mass is 16.2. The van der Waals surface area contributed by atoms with E-state index in [1.165, 1.54) is 16.8 Å². The number of hydrogen-bond donors (Lipinski definition) is 2. The van der Waals surface area contributed by atoms with Gasteiger partial charge in [-0.3, -0.25) is 14.3 Å². The van der Waals surface area contributed by atoms with Gasteiger partial charge in [0.1, 0.15) is 0 Å². The molecule has 0 unspecified atom stereocenters. The Kier molecular flexibility index (Phi) is 2.82. The summed E-state index contributed by atoms with van der Waals surface area (Å²) in [5, 5.41) is 2.91. The van der Waals surface area contributed by atoms with E-state index in [1.807, 2.05) is 0 Å². The van der Waals surface area contributed by atoms with Crippen LogP contribution in [0.25, 0.3) is 0 Å². The first-order valence-electron chi connectivity index (χ1n) is 3.68. The van der Waals surface area contributed by atoms with Crippen molar-refractivity contribution in [1.29, 1.82) is 0 Å². The Hall–Kier alpha value is -1.36. The third-order valence-corrected chi connectivity index (χ3v) is 1.50. The van der Waals surface area contributed by atoms with Crippen LogP contribution in [0.4, 0.5) is 0 Å². The Morgan fingerprint density at radius 2 is 2.33 bits per heavy atom. The maximum Gasteiger partial charge on any atom is 0.328 e. The minimum Gasteiger partial charge on any atom is -0.318 e. The van der Waals surface area contributed by atoms with Crippen LogP contribution in [-0.4, -0.2) is 23.1 Å². The van der Waals surface area contributed by atoms with Crippen molar-refractivity contribution in [2.45, 2.75) is 6.54 Å². The lowest BCUT2D eigenvalue weighted by atomic mass is 10.5. The molecule has 12 heavy (non-hydrogen) atoms. The summed E-state index contributed by atoms with van der Waals surface area (Å²) in [6.07, 6.45) is 1.48. The summed E-state index contributed by atoms with van der Waals surface area (Å²) in [4.78, 5) is 23.8. The molecule has 0 aliphatic rings. The summed E-state index contributed by atoms with van der Waals surface area (Å²) in [6.45, 7) is 1.26. The summed E-state index contributed by atoms with van der Waals surface area (Å²) in [5.74, 6) is 0. The summed E-state index contributed by atoms with van der Waals surface area (Å²) in [5.41, 5.74) is -0.724. The lowest BCUT2D eigenvalue weighted by molar-refractivity contribution is 0.609. The first-order valence-corrected chi connectivity index (χ1v) is 3.68. The van der Waals surface area contributed by atoms with Crippen LogP contribution in [0.3, 0.4) is 0 Å². The van der Waals surface area contributed by atoms with E-state index in [0.717, 1.165) is 0 Å². The molecule has 0 radical (unpaired) electrons. The normalized spacial score (nSPS) is 10.1. The number of likely N-dealkylation sites (N-methyl/N-ethyl adjacent to an activating group) is 1. The molecule has 66 valence electrons. The van der Waals surface area contributed by atoms with Crippen molar-refractivity contribution in [3.05, 3.63) is 33.1 Å². The molecule has 1 aromatic heterocycles. The highest BCUT2D eigenvalue weighted by Crippen LogP contribution is 1.73. The fourth-order valence-corrected chi connectivity index (χ4v) is 0.853. The van der Waals surface area contributed by atoms with E-state index in [4.69, 9.17) is 0 Å². The van der Waals surface area contributed by atoms with Gasteiger partial charge in [-0.2, -0.15) is 0 Å². The maximum atomic E-state index is 11.0. The molecule has 0 bridgehead atoms. The van der Waals surface area contributed by atoms with E-state index < -0.39 is 0 Å². The molecule has 5 heteroatoms. The van der Waals surface area contributed by atoms with E-state index in [9.17, 15) is 9.59 Å². The monoisotopic (exact) mass is 169 g/mol. The van der Waals surface area contributed by atoms with Crippen LogP contribution < -0.4 is 16.6 Å². The molecule has 0 spiro atoms. The van der Waals surface area contributed by atoms with Gasteiger partial charge >= 0.3 is 5.69 Å². The van der Waals surface area contributed by atoms with Gasteiger partial charge in [-0.25, -0.2) is 4.79 Å². The first-order chi connectivity index (χ1) is 5.74. The van der Waals surface area contributed by atoms with Crippen molar-refractivity contribution >= 4 is 0 Å². The van der Waals surface area contributed by atoms with E-state index in [0.29, 0.717) is 13.1 Å². The van der Waals surface area contributed by atoms with E-state index in [2.05, 4.69) is 10.3 Å². The molecule has 1 rings (SSSR count). The van der Waals surface area contributed by atoms with Crippen LogP contribution in [0.5, 0.6) is 0 Å². The Labute approximate surface area is 69.0 Å². The number of nitrogens with zero attached hydrogens (tertiary/aromatic N) is 1. The number of hydrogen-bond acceptors (Lipinski definition) is 3. The average Bonchev–Trinajstić information content (AvgIpc) is 2.03. The predicted molar refractivity (Wildman–Crippen MR) is 45.2 cm³/mol. The second kappa shape index (κ2) is 3.87. The van der Waals surface area contributed by atoms with Crippen LogP contribution in [0.2, 0.25) is 0 Å². The first kappa shape index (κ1) is 8.73. The predicted octanol–water partition coefficient (Wildman–Crippen LogP) is -1.24. The molecule has 0 aliphatic carbocycles. The minimum absolute atomic E-state index is 0.360. The molecule has 0 saturated heterocycles. The molecule has 1 heterocycles. The second-order valence-corrected chi connectivity index (χ2v) is 2.41. The van der Waals surface area contributed by atoms with Crippen molar-refractivity contribution in [3.63, 3.8) is 0 Å². The summed E-state index contributed by atoms with van der Waals surface area (Å²) in [6, 6.07) is 1.33. The molecule has 0 aromatic carbocycles. The van der Waals surface area contributed by atoms with E-state index in [1.54, 1.807) is 7.05 Å². The zero-order chi connectivity index (χ0) is 8.97. The zero-order valence-corrected chi connectivity index (χ0v) is 6.83. The molecule has 0 amide bonds. The van der Waals surface area contributed by atoms with Crippen LogP contribution in [0.1, 0.15) is 0 Å². The summed E-state index contributed by atoms with van der Waals surface area (Å²) < 4.78 is 1.44. The van der Waals surface area contributed by atoms with E-state index in [-0.39, 0.29) is 11.2 Å². The number of nitrogens with one attached hydrogen (secondary N) is 2. The summed E-state index contributed by atoms with van der Waals surface area (Å²) >= 11 is 0. The Balaban J connectivity index is 2.87. The van der Waals surface area contributed by atoms with Crippen molar-refractivity contribution in [2.75, 3.05) is 13.6 Å². The number of aromatic nitrogens is 2. The SMILES string of the molecule is CNCCn1ccc(=O)[nH]c1=O. The van der Waals surface area contributed by atoms with Gasteiger partial charge in [0.15, 0.2) is 0 Å². The maximum absolute atomic E-state index is 11.0. The molecular weight excluding hydrogens is 158 g/mol. The smallest absolute Gasteiger partial charge is 0.318 e. The zero-order valence-electron chi connectivity index (χ0n) is 6.83. The third kappa shape index (κ3) is 2.06. The fraction of sp³-hybridized carbons (Fsp3) is 0.429. The van der Waals surface area contributed by atoms with Crippen molar-refractivity contribution in [2.24, 2.45) is 0 Å². The van der Waals surface area contributed by atoms with E-state index >= 15 is 0 Å². The number of aromatic amines is 1. The fourth-order valence-electron chi connectivity index (χ4n) is 0.853. The van der Waals surface area contributed by atoms with Crippen LogP contribution in [-0.2, 0) is 6.54 Å². The summed E-state index contributed by atoms with van der Waals surface area (Å²) in [7, 11) is 1.80. The number of H-pyrrole nitrogens is 1. The van der Waals surface area contributed by atoms with Gasteiger partial charge in [-0.15, -0.1) is 0 Å². The Morgan fingerprint density at radius 1 is 1.58 bits per heavy atom. The van der Waals surface area contributed by atoms with Crippen molar-refractivity contribution in [3.8, 4) is 0 Å². The standard InChI is InChI=1S/C7H11N3O2/c1-8-3-5-10-4-2-6(11)9-7(10)12/h2,4,8H,3,5H2,1H3,(H,9,11,12). The molecule has 0 fully saturated rings. The number of rotatable bonds is 3. The highest BCUT2D eigenvalue weighted by molar-refractivity contribution is 4.82. The Morgan fingerprint density at radius 3 is 2.92 bits per heavy atom. The Bertz CT molecular complexity index is 352. The van der Waals surface area contributed by atoms with Gasteiger partial charge in [0.05, 0.1) is 0 Å². The lowest BCUT2D eigenvalue weighted by Gasteiger charge is -2.01. The molecule has 0 saturated carbocycles. The largest absolute Gasteiger partial charge is 0.328 e. The van der Waals surface area contributed by atoms with Crippen molar-refractivity contribution in [1.82, 2.24) is 14.9 Å². The molecule has 0 atom stereocenters. The van der Waals surface area contributed by atoms with Gasteiger partial charge in [0.25, 0.3) is 5.56 Å². The minimum atomic E-state index is -0.363. The highest BCUT2D eigenvalue weighted by Gasteiger charge is 1.93. The van der Waals surface area contributed by atoms with Gasteiger partial charge in [-0.1, -0.05) is 0 Å². The van der Waals surface area contributed by atoms with Gasteiger partial charge < -0.3 is 5.32 Å². The van der Waals surface area contributed by atoms with Crippen LogP contribution in [0.15, 0.2) is 21.9 Å². The van der Waals surface area contributed by atoms with Gasteiger partial charge in [0, 0.05) is 25.4 Å². The lowest BCUT2D eigenvalue weighted by Crippen LogP contribution is -2.31. The molecule has 2 N–H and O–H groups in total. The topological polar surface area (TPSA) is 66.9 Å².